The number of rotatable bonds is 3. The molecule has 5 heteroatoms. The summed E-state index contributed by atoms with van der Waals surface area (Å²) in [6.45, 7) is 6.28. The minimum Gasteiger partial charge on any atom is -0.274 e. The normalized spacial score (nSPS) is 18.3. The number of nitrogens with zero attached hydrogens (tertiary/aromatic N) is 3. The monoisotopic (exact) mass is 297 g/mol. The van der Waals surface area contributed by atoms with Gasteiger partial charge < -0.3 is 0 Å². The first-order valence-corrected chi connectivity index (χ1v) is 7.40. The summed E-state index contributed by atoms with van der Waals surface area (Å²) in [5.41, 5.74) is 3.61. The van der Waals surface area contributed by atoms with Gasteiger partial charge >= 0.3 is 0 Å². The maximum absolute atomic E-state index is 12.6. The highest BCUT2D eigenvalue weighted by Gasteiger charge is 2.39. The van der Waals surface area contributed by atoms with E-state index in [0.717, 1.165) is 17.0 Å². The highest BCUT2D eigenvalue weighted by atomic mass is 16.2. The summed E-state index contributed by atoms with van der Waals surface area (Å²) < 4.78 is 1.81. The molecule has 0 bridgehead atoms. The Balaban J connectivity index is 1.84. The van der Waals surface area contributed by atoms with E-state index in [9.17, 15) is 9.59 Å². The standard InChI is InChI=1S/C17H19N3O2/c1-11-5-4-6-15(7-11)20-16(21)9-14(17(20)22)10-19-13(3)8-12(2)18-19/h4-8,14H,9-10H2,1-3H3/t14-/m0/s1. The van der Waals surface area contributed by atoms with Gasteiger partial charge in [-0.2, -0.15) is 5.10 Å². The first-order valence-electron chi connectivity index (χ1n) is 7.40. The molecule has 0 saturated carbocycles. The third-order valence-electron chi connectivity index (χ3n) is 4.00. The van der Waals surface area contributed by atoms with Gasteiger partial charge in [0.05, 0.1) is 23.8 Å². The Morgan fingerprint density at radius 1 is 1.18 bits per heavy atom. The Morgan fingerprint density at radius 3 is 2.59 bits per heavy atom. The molecule has 2 heterocycles. The van der Waals surface area contributed by atoms with Crippen LogP contribution >= 0.6 is 0 Å². The number of aryl methyl sites for hydroxylation is 3. The molecule has 0 radical (unpaired) electrons. The number of hydrogen-bond acceptors (Lipinski definition) is 3. The summed E-state index contributed by atoms with van der Waals surface area (Å²) in [7, 11) is 0. The van der Waals surface area contributed by atoms with Crippen LogP contribution in [0.4, 0.5) is 5.69 Å². The lowest BCUT2D eigenvalue weighted by Gasteiger charge is -2.16. The molecule has 0 unspecified atom stereocenters. The van der Waals surface area contributed by atoms with Crippen molar-refractivity contribution >= 4 is 17.5 Å². The van der Waals surface area contributed by atoms with E-state index < -0.39 is 0 Å². The SMILES string of the molecule is Cc1cccc(N2C(=O)C[C@@H](Cn3nc(C)cc3C)C2=O)c1. The van der Waals surface area contributed by atoms with E-state index in [4.69, 9.17) is 0 Å². The Hall–Kier alpha value is -2.43. The van der Waals surface area contributed by atoms with E-state index in [1.54, 1.807) is 6.07 Å². The predicted molar refractivity (Wildman–Crippen MR) is 83.5 cm³/mol. The quantitative estimate of drug-likeness (QED) is 0.817. The van der Waals surface area contributed by atoms with Gasteiger partial charge in [-0.15, -0.1) is 0 Å². The van der Waals surface area contributed by atoms with Crippen LogP contribution in [-0.4, -0.2) is 21.6 Å². The molecule has 1 aliphatic heterocycles. The molecular weight excluding hydrogens is 278 g/mol. The molecule has 2 aromatic rings. The van der Waals surface area contributed by atoms with Crippen molar-refractivity contribution in [2.45, 2.75) is 33.7 Å². The lowest BCUT2D eigenvalue weighted by molar-refractivity contribution is -0.122. The second kappa shape index (κ2) is 5.40. The molecule has 3 rings (SSSR count). The van der Waals surface area contributed by atoms with Crippen molar-refractivity contribution in [2.75, 3.05) is 4.90 Å². The summed E-state index contributed by atoms with van der Waals surface area (Å²) in [5, 5.41) is 4.38. The van der Waals surface area contributed by atoms with Gasteiger partial charge in [-0.25, -0.2) is 0 Å². The molecular formula is C17H19N3O2. The topological polar surface area (TPSA) is 55.2 Å². The van der Waals surface area contributed by atoms with Crippen LogP contribution in [0, 0.1) is 26.7 Å². The molecule has 1 saturated heterocycles. The van der Waals surface area contributed by atoms with Gasteiger partial charge in [0.25, 0.3) is 0 Å². The summed E-state index contributed by atoms with van der Waals surface area (Å²) in [5.74, 6) is -0.615. The number of anilines is 1. The number of aromatic nitrogens is 2. The van der Waals surface area contributed by atoms with Crippen molar-refractivity contribution in [2.24, 2.45) is 5.92 Å². The summed E-state index contributed by atoms with van der Waals surface area (Å²) in [4.78, 5) is 26.2. The van der Waals surface area contributed by atoms with Crippen molar-refractivity contribution in [3.8, 4) is 0 Å². The number of imide groups is 1. The van der Waals surface area contributed by atoms with E-state index in [2.05, 4.69) is 5.10 Å². The molecule has 1 aromatic carbocycles. The van der Waals surface area contributed by atoms with E-state index in [-0.39, 0.29) is 24.2 Å². The van der Waals surface area contributed by atoms with E-state index in [0.29, 0.717) is 12.2 Å². The van der Waals surface area contributed by atoms with Crippen molar-refractivity contribution in [3.63, 3.8) is 0 Å². The Bertz CT molecular complexity index is 748. The molecule has 0 spiro atoms. The fourth-order valence-corrected chi connectivity index (χ4v) is 2.94. The van der Waals surface area contributed by atoms with Crippen LogP contribution < -0.4 is 4.90 Å². The van der Waals surface area contributed by atoms with E-state index in [1.165, 1.54) is 4.90 Å². The van der Waals surface area contributed by atoms with Crippen molar-refractivity contribution in [1.29, 1.82) is 0 Å². The molecule has 22 heavy (non-hydrogen) atoms. The molecule has 1 aliphatic rings. The second-order valence-electron chi connectivity index (χ2n) is 5.92. The van der Waals surface area contributed by atoms with E-state index in [1.807, 2.05) is 49.7 Å². The molecule has 5 nitrogen and oxygen atoms in total. The maximum Gasteiger partial charge on any atom is 0.239 e. The minimum absolute atomic E-state index is 0.136. The lowest BCUT2D eigenvalue weighted by Crippen LogP contribution is -2.31. The average molecular weight is 297 g/mol. The third-order valence-corrected chi connectivity index (χ3v) is 4.00. The van der Waals surface area contributed by atoms with Gasteiger partial charge in [0.15, 0.2) is 0 Å². The zero-order chi connectivity index (χ0) is 15.9. The van der Waals surface area contributed by atoms with Crippen LogP contribution in [0.25, 0.3) is 0 Å². The highest BCUT2D eigenvalue weighted by Crippen LogP contribution is 2.28. The number of amides is 2. The van der Waals surface area contributed by atoms with Crippen LogP contribution in [0.1, 0.15) is 23.4 Å². The van der Waals surface area contributed by atoms with Gasteiger partial charge in [0, 0.05) is 12.1 Å². The Morgan fingerprint density at radius 2 is 1.95 bits per heavy atom. The van der Waals surface area contributed by atoms with Gasteiger partial charge in [0.2, 0.25) is 11.8 Å². The lowest BCUT2D eigenvalue weighted by atomic mass is 10.1. The smallest absolute Gasteiger partial charge is 0.239 e. The van der Waals surface area contributed by atoms with Gasteiger partial charge in [-0.1, -0.05) is 12.1 Å². The van der Waals surface area contributed by atoms with Gasteiger partial charge in [-0.3, -0.25) is 19.2 Å². The third kappa shape index (κ3) is 2.54. The highest BCUT2D eigenvalue weighted by molar-refractivity contribution is 6.20. The number of carbonyl (C=O) groups excluding carboxylic acids is 2. The zero-order valence-corrected chi connectivity index (χ0v) is 13.0. The average Bonchev–Trinajstić information content (AvgIpc) is 2.90. The number of carbonyl (C=O) groups is 2. The summed E-state index contributed by atoms with van der Waals surface area (Å²) >= 11 is 0. The Kier molecular flexibility index (Phi) is 3.56. The van der Waals surface area contributed by atoms with E-state index >= 15 is 0 Å². The van der Waals surface area contributed by atoms with Crippen LogP contribution in [0.5, 0.6) is 0 Å². The predicted octanol–water partition coefficient (Wildman–Crippen LogP) is 2.39. The molecule has 1 aromatic heterocycles. The number of hydrogen-bond donors (Lipinski definition) is 0. The summed E-state index contributed by atoms with van der Waals surface area (Å²) in [6, 6.07) is 9.44. The van der Waals surface area contributed by atoms with Crippen LogP contribution in [0.15, 0.2) is 30.3 Å². The van der Waals surface area contributed by atoms with Crippen LogP contribution in [0.3, 0.4) is 0 Å². The molecule has 1 atom stereocenters. The van der Waals surface area contributed by atoms with Crippen LogP contribution in [-0.2, 0) is 16.1 Å². The number of benzene rings is 1. The molecule has 2 amide bonds. The minimum atomic E-state index is -0.342. The van der Waals surface area contributed by atoms with Crippen LogP contribution in [0.2, 0.25) is 0 Å². The van der Waals surface area contributed by atoms with Crippen molar-refractivity contribution in [3.05, 3.63) is 47.3 Å². The fourth-order valence-electron chi connectivity index (χ4n) is 2.94. The second-order valence-corrected chi connectivity index (χ2v) is 5.92. The molecule has 1 fully saturated rings. The first kappa shape index (κ1) is 14.5. The first-order chi connectivity index (χ1) is 10.5. The zero-order valence-electron chi connectivity index (χ0n) is 13.0. The largest absolute Gasteiger partial charge is 0.274 e. The van der Waals surface area contributed by atoms with Crippen molar-refractivity contribution < 1.29 is 9.59 Å². The van der Waals surface area contributed by atoms with Crippen molar-refractivity contribution in [1.82, 2.24) is 9.78 Å². The molecule has 0 N–H and O–H groups in total. The molecule has 114 valence electrons. The van der Waals surface area contributed by atoms with Gasteiger partial charge in [0.1, 0.15) is 0 Å². The Labute approximate surface area is 129 Å². The fraction of sp³-hybridized carbons (Fsp3) is 0.353. The molecule has 0 aliphatic carbocycles. The maximum atomic E-state index is 12.6. The van der Waals surface area contributed by atoms with Gasteiger partial charge in [-0.05, 0) is 44.5 Å². The summed E-state index contributed by atoms with van der Waals surface area (Å²) in [6.07, 6.45) is 0.241.